The minimum Gasteiger partial charge on any atom is -0.330 e. The maximum Gasteiger partial charge on any atom is 0.246 e. The summed E-state index contributed by atoms with van der Waals surface area (Å²) >= 11 is 0. The maximum absolute atomic E-state index is 12.1. The van der Waals surface area contributed by atoms with Gasteiger partial charge < -0.3 is 5.73 Å². The molecule has 1 saturated heterocycles. The normalized spacial score (nSPS) is 22.1. The van der Waals surface area contributed by atoms with Gasteiger partial charge in [-0.2, -0.15) is 9.40 Å². The molecule has 1 aromatic rings. The van der Waals surface area contributed by atoms with Gasteiger partial charge in [-0.1, -0.05) is 0 Å². The Balaban J connectivity index is 0.00000144. The Hall–Kier alpha value is -0.630. The predicted molar refractivity (Wildman–Crippen MR) is 66.4 cm³/mol. The first-order valence-electron chi connectivity index (χ1n) is 5.33. The molecule has 17 heavy (non-hydrogen) atoms. The number of hydrogen-bond donors (Lipinski definition) is 2. The lowest BCUT2D eigenvalue weighted by molar-refractivity contribution is 0.271. The second kappa shape index (κ2) is 5.81. The molecule has 6 nitrogen and oxygen atoms in total. The van der Waals surface area contributed by atoms with Crippen LogP contribution in [0.4, 0.5) is 0 Å². The fraction of sp³-hybridized carbons (Fsp3) is 0.667. The average Bonchev–Trinajstić information content (AvgIpc) is 2.83. The zero-order valence-electron chi connectivity index (χ0n) is 9.37. The summed E-state index contributed by atoms with van der Waals surface area (Å²) in [7, 11) is -3.38. The van der Waals surface area contributed by atoms with Gasteiger partial charge in [0.25, 0.3) is 0 Å². The zero-order chi connectivity index (χ0) is 11.6. The van der Waals surface area contributed by atoms with Gasteiger partial charge in [0.05, 0.1) is 6.20 Å². The van der Waals surface area contributed by atoms with Crippen LogP contribution in [0.5, 0.6) is 0 Å². The van der Waals surface area contributed by atoms with E-state index >= 15 is 0 Å². The number of hydrogen-bond acceptors (Lipinski definition) is 4. The molecule has 0 bridgehead atoms. The number of sulfonamides is 1. The van der Waals surface area contributed by atoms with Crippen molar-refractivity contribution in [1.29, 1.82) is 0 Å². The van der Waals surface area contributed by atoms with Crippen molar-refractivity contribution in [3.63, 3.8) is 0 Å². The molecule has 0 spiro atoms. The molecule has 1 aliphatic rings. The average molecular weight is 281 g/mol. The third kappa shape index (κ3) is 2.98. The van der Waals surface area contributed by atoms with E-state index in [1.165, 1.54) is 16.7 Å². The molecule has 0 radical (unpaired) electrons. The molecule has 3 N–H and O–H groups in total. The number of nitrogens with two attached hydrogens (primary N) is 1. The van der Waals surface area contributed by atoms with Gasteiger partial charge in [0.1, 0.15) is 4.90 Å². The Morgan fingerprint density at radius 3 is 2.94 bits per heavy atom. The molecule has 0 aromatic carbocycles. The second-order valence-corrected chi connectivity index (χ2v) is 5.98. The highest BCUT2D eigenvalue weighted by Crippen LogP contribution is 2.22. The van der Waals surface area contributed by atoms with E-state index in [1.54, 1.807) is 0 Å². The predicted octanol–water partition coefficient (Wildman–Crippen LogP) is 0.191. The minimum absolute atomic E-state index is 0. The van der Waals surface area contributed by atoms with Crippen molar-refractivity contribution < 1.29 is 8.42 Å². The highest BCUT2D eigenvalue weighted by Gasteiger charge is 2.30. The summed E-state index contributed by atoms with van der Waals surface area (Å²) in [5, 5.41) is 6.19. The molecule has 0 aliphatic carbocycles. The number of halogens is 1. The Kier molecular flexibility index (Phi) is 4.93. The van der Waals surface area contributed by atoms with E-state index in [9.17, 15) is 8.42 Å². The van der Waals surface area contributed by atoms with E-state index < -0.39 is 10.0 Å². The number of piperidine rings is 1. The third-order valence-corrected chi connectivity index (χ3v) is 4.76. The van der Waals surface area contributed by atoms with Crippen LogP contribution < -0.4 is 5.73 Å². The number of nitrogens with one attached hydrogen (secondary N) is 1. The van der Waals surface area contributed by atoms with Gasteiger partial charge in [-0.3, -0.25) is 5.10 Å². The van der Waals surface area contributed by atoms with Gasteiger partial charge in [-0.05, 0) is 25.3 Å². The van der Waals surface area contributed by atoms with E-state index in [0.29, 0.717) is 19.6 Å². The van der Waals surface area contributed by atoms with E-state index in [-0.39, 0.29) is 23.2 Å². The lowest BCUT2D eigenvalue weighted by Crippen LogP contribution is -2.41. The first kappa shape index (κ1) is 14.4. The van der Waals surface area contributed by atoms with Crippen molar-refractivity contribution in [2.45, 2.75) is 17.7 Å². The van der Waals surface area contributed by atoms with Crippen LogP contribution >= 0.6 is 12.4 Å². The maximum atomic E-state index is 12.1. The van der Waals surface area contributed by atoms with Crippen LogP contribution in [0.1, 0.15) is 12.8 Å². The Bertz CT molecular complexity index is 434. The number of nitrogens with zero attached hydrogens (tertiary/aromatic N) is 2. The van der Waals surface area contributed by atoms with Crippen molar-refractivity contribution >= 4 is 22.4 Å². The van der Waals surface area contributed by atoms with Crippen molar-refractivity contribution in [3.05, 3.63) is 12.4 Å². The molecule has 1 unspecified atom stereocenters. The van der Waals surface area contributed by atoms with Crippen LogP contribution in [0.25, 0.3) is 0 Å². The Labute approximate surface area is 107 Å². The van der Waals surface area contributed by atoms with Crippen LogP contribution in [-0.2, 0) is 10.0 Å². The molecule has 0 saturated carbocycles. The first-order chi connectivity index (χ1) is 7.64. The van der Waals surface area contributed by atoms with Gasteiger partial charge in [0, 0.05) is 19.3 Å². The first-order valence-corrected chi connectivity index (χ1v) is 6.77. The highest BCUT2D eigenvalue weighted by atomic mass is 35.5. The molecule has 98 valence electrons. The van der Waals surface area contributed by atoms with Crippen molar-refractivity contribution in [1.82, 2.24) is 14.5 Å². The summed E-state index contributed by atoms with van der Waals surface area (Å²) in [6.45, 7) is 1.63. The van der Waals surface area contributed by atoms with E-state index in [0.717, 1.165) is 12.8 Å². The zero-order valence-corrected chi connectivity index (χ0v) is 11.0. The standard InChI is InChI=1S/C9H16N4O2S.ClH/c10-4-8-2-1-3-13(7-8)16(14,15)9-5-11-12-6-9;/h5-6,8H,1-4,7,10H2,(H,11,12);1H. The molecule has 0 amide bonds. The molecular weight excluding hydrogens is 264 g/mol. The number of aromatic amines is 1. The van der Waals surface area contributed by atoms with Crippen molar-refractivity contribution in [3.8, 4) is 0 Å². The SMILES string of the molecule is Cl.NCC1CCCN(S(=O)(=O)c2cn[nH]c2)C1. The summed E-state index contributed by atoms with van der Waals surface area (Å²) in [5.41, 5.74) is 5.59. The molecule has 1 atom stereocenters. The van der Waals surface area contributed by atoms with E-state index in [1.807, 2.05) is 0 Å². The minimum atomic E-state index is -3.38. The van der Waals surface area contributed by atoms with Crippen molar-refractivity contribution in [2.24, 2.45) is 11.7 Å². The van der Waals surface area contributed by atoms with Crippen LogP contribution in [0.2, 0.25) is 0 Å². The van der Waals surface area contributed by atoms with Gasteiger partial charge in [0.2, 0.25) is 10.0 Å². The Morgan fingerprint density at radius 1 is 1.59 bits per heavy atom. The van der Waals surface area contributed by atoms with Gasteiger partial charge in [0.15, 0.2) is 0 Å². The topological polar surface area (TPSA) is 92.1 Å². The third-order valence-electron chi connectivity index (χ3n) is 2.93. The molecule has 8 heteroatoms. The molecule has 2 rings (SSSR count). The summed E-state index contributed by atoms with van der Waals surface area (Å²) in [6.07, 6.45) is 4.62. The molecule has 1 aliphatic heterocycles. The number of H-pyrrole nitrogens is 1. The lowest BCUT2D eigenvalue weighted by Gasteiger charge is -2.30. The highest BCUT2D eigenvalue weighted by molar-refractivity contribution is 7.89. The fourth-order valence-electron chi connectivity index (χ4n) is 1.97. The smallest absolute Gasteiger partial charge is 0.246 e. The van der Waals surface area contributed by atoms with Crippen LogP contribution in [0.15, 0.2) is 17.3 Å². The molecule has 1 fully saturated rings. The lowest BCUT2D eigenvalue weighted by atomic mass is 10.0. The van der Waals surface area contributed by atoms with Crippen LogP contribution in [-0.4, -0.2) is 42.6 Å². The monoisotopic (exact) mass is 280 g/mol. The summed E-state index contributed by atoms with van der Waals surface area (Å²) < 4.78 is 25.8. The molecular formula is C9H17ClN4O2S. The quantitative estimate of drug-likeness (QED) is 0.827. The van der Waals surface area contributed by atoms with E-state index in [2.05, 4.69) is 10.2 Å². The summed E-state index contributed by atoms with van der Waals surface area (Å²) in [5.74, 6) is 0.274. The van der Waals surface area contributed by atoms with Gasteiger partial charge in [-0.25, -0.2) is 8.42 Å². The summed E-state index contributed by atoms with van der Waals surface area (Å²) in [6, 6.07) is 0. The van der Waals surface area contributed by atoms with Crippen molar-refractivity contribution in [2.75, 3.05) is 19.6 Å². The fourth-order valence-corrected chi connectivity index (χ4v) is 3.43. The van der Waals surface area contributed by atoms with Crippen LogP contribution in [0.3, 0.4) is 0 Å². The largest absolute Gasteiger partial charge is 0.330 e. The number of aromatic nitrogens is 2. The number of rotatable bonds is 3. The van der Waals surface area contributed by atoms with Crippen LogP contribution in [0, 0.1) is 5.92 Å². The summed E-state index contributed by atoms with van der Waals surface area (Å²) in [4.78, 5) is 0.227. The second-order valence-electron chi connectivity index (χ2n) is 4.04. The Morgan fingerprint density at radius 2 is 2.35 bits per heavy atom. The molecule has 1 aromatic heterocycles. The van der Waals surface area contributed by atoms with E-state index in [4.69, 9.17) is 5.73 Å². The molecule has 2 heterocycles. The van der Waals surface area contributed by atoms with Gasteiger partial charge in [-0.15, -0.1) is 12.4 Å². The van der Waals surface area contributed by atoms with Gasteiger partial charge >= 0.3 is 0 Å².